The summed E-state index contributed by atoms with van der Waals surface area (Å²) in [6, 6.07) is 8.83. The molecule has 8 heteroatoms. The molecule has 2 aliphatic heterocycles. The van der Waals surface area contributed by atoms with E-state index in [0.717, 1.165) is 55.5 Å². The molecule has 2 unspecified atom stereocenters. The highest BCUT2D eigenvalue weighted by molar-refractivity contribution is 6.10. The maximum absolute atomic E-state index is 13.3. The minimum atomic E-state index is -0.176. The zero-order valence-corrected chi connectivity index (χ0v) is 20.8. The lowest BCUT2D eigenvalue weighted by molar-refractivity contribution is 0.0359. The van der Waals surface area contributed by atoms with Crippen molar-refractivity contribution in [1.29, 1.82) is 0 Å². The Bertz CT molecular complexity index is 1030. The third-order valence-electron chi connectivity index (χ3n) is 6.89. The van der Waals surface area contributed by atoms with Gasteiger partial charge in [0.25, 0.3) is 5.91 Å². The molecule has 2 fully saturated rings. The molecule has 0 spiro atoms. The number of aliphatic imine (C=N–C) groups is 1. The van der Waals surface area contributed by atoms with Crippen LogP contribution in [0.2, 0.25) is 0 Å². The minimum absolute atomic E-state index is 0.00595. The fourth-order valence-electron chi connectivity index (χ4n) is 4.90. The number of amidine groups is 1. The Morgan fingerprint density at radius 2 is 2.06 bits per heavy atom. The van der Waals surface area contributed by atoms with Gasteiger partial charge in [0, 0.05) is 64.4 Å². The van der Waals surface area contributed by atoms with E-state index in [2.05, 4.69) is 32.7 Å². The largest absolute Gasteiger partial charge is 0.381 e. The van der Waals surface area contributed by atoms with E-state index >= 15 is 0 Å². The summed E-state index contributed by atoms with van der Waals surface area (Å²) < 4.78 is 11.4. The number of carbonyl (C=O) groups is 1. The topological polar surface area (TPSA) is 88.1 Å². The minimum Gasteiger partial charge on any atom is -0.381 e. The van der Waals surface area contributed by atoms with Gasteiger partial charge in [-0.3, -0.25) is 9.79 Å². The lowest BCUT2D eigenvalue weighted by Gasteiger charge is -2.41. The van der Waals surface area contributed by atoms with Gasteiger partial charge >= 0.3 is 0 Å². The Kier molecular flexibility index (Phi) is 8.13. The number of fused-ring (bicyclic) bond motifs is 1. The number of amides is 1. The molecule has 0 aliphatic carbocycles. The smallest absolute Gasteiger partial charge is 0.260 e. The molecule has 184 valence electrons. The number of hydrogen-bond acceptors (Lipinski definition) is 7. The molecule has 1 amide bonds. The number of pyridine rings is 1. The van der Waals surface area contributed by atoms with E-state index in [0.29, 0.717) is 36.2 Å². The number of rotatable bonds is 6. The molecule has 2 aromatic rings. The second kappa shape index (κ2) is 11.3. The van der Waals surface area contributed by atoms with Crippen LogP contribution in [0.4, 0.5) is 5.82 Å². The molecule has 8 nitrogen and oxygen atoms in total. The van der Waals surface area contributed by atoms with E-state index < -0.39 is 0 Å². The summed E-state index contributed by atoms with van der Waals surface area (Å²) >= 11 is 0. The Morgan fingerprint density at radius 3 is 2.76 bits per heavy atom. The second-order valence-electron chi connectivity index (χ2n) is 9.20. The van der Waals surface area contributed by atoms with Gasteiger partial charge in [-0.1, -0.05) is 18.6 Å². The summed E-state index contributed by atoms with van der Waals surface area (Å²) in [5.41, 5.74) is 2.59. The van der Waals surface area contributed by atoms with Crippen LogP contribution in [-0.4, -0.2) is 75.4 Å². The van der Waals surface area contributed by atoms with Crippen molar-refractivity contribution < 1.29 is 14.3 Å². The standard InChI is InChI=1S/C26H37N5O3/c1-5-24(27-3)30-26(32)20-15-18-14-17(2)6-7-21(18)29-25(20)31-11-8-22(23(16-31)33-4)28-19-9-12-34-13-10-19/h6-7,14-15,19,22-23,28H,5,8-13,16H2,1-4H3,(H,27,30,32). The predicted molar refractivity (Wildman–Crippen MR) is 136 cm³/mol. The number of piperidine rings is 1. The van der Waals surface area contributed by atoms with Gasteiger partial charge in [-0.15, -0.1) is 0 Å². The summed E-state index contributed by atoms with van der Waals surface area (Å²) in [4.78, 5) is 24.7. The zero-order chi connectivity index (χ0) is 24.1. The van der Waals surface area contributed by atoms with Crippen molar-refractivity contribution in [3.05, 3.63) is 35.4 Å². The first kappa shape index (κ1) is 24.6. The molecule has 2 saturated heterocycles. The number of nitrogens with zero attached hydrogens (tertiary/aromatic N) is 3. The van der Waals surface area contributed by atoms with E-state index in [1.54, 1.807) is 14.2 Å². The van der Waals surface area contributed by atoms with Crippen LogP contribution >= 0.6 is 0 Å². The Morgan fingerprint density at radius 1 is 1.26 bits per heavy atom. The molecule has 0 bridgehead atoms. The van der Waals surface area contributed by atoms with E-state index in [4.69, 9.17) is 14.5 Å². The normalized spacial score (nSPS) is 22.2. The van der Waals surface area contributed by atoms with E-state index in [1.807, 2.05) is 26.0 Å². The van der Waals surface area contributed by atoms with Gasteiger partial charge in [0.1, 0.15) is 11.7 Å². The van der Waals surface area contributed by atoms with Crippen molar-refractivity contribution in [1.82, 2.24) is 15.6 Å². The van der Waals surface area contributed by atoms with Gasteiger partial charge < -0.3 is 25.0 Å². The van der Waals surface area contributed by atoms with Crippen LogP contribution in [0.15, 0.2) is 29.3 Å². The average Bonchev–Trinajstić information content (AvgIpc) is 2.87. The van der Waals surface area contributed by atoms with Crippen LogP contribution in [0.25, 0.3) is 10.9 Å². The summed E-state index contributed by atoms with van der Waals surface area (Å²) in [5, 5.41) is 7.72. The Hall–Kier alpha value is -2.55. The number of hydrogen-bond donors (Lipinski definition) is 2. The van der Waals surface area contributed by atoms with Gasteiger partial charge in [0.05, 0.1) is 17.2 Å². The number of carbonyl (C=O) groups excluding carboxylic acids is 1. The average molecular weight is 468 g/mol. The molecule has 2 aliphatic rings. The van der Waals surface area contributed by atoms with Crippen molar-refractivity contribution in [2.45, 2.75) is 57.7 Å². The number of benzene rings is 1. The highest BCUT2D eigenvalue weighted by Gasteiger charge is 2.33. The van der Waals surface area contributed by atoms with Crippen LogP contribution in [0, 0.1) is 6.92 Å². The number of methoxy groups -OCH3 is 1. The molecule has 1 aromatic heterocycles. The molecule has 0 saturated carbocycles. The summed E-state index contributed by atoms with van der Waals surface area (Å²) in [5.74, 6) is 1.19. The van der Waals surface area contributed by atoms with Gasteiger partial charge in [0.2, 0.25) is 0 Å². The van der Waals surface area contributed by atoms with Crippen molar-refractivity contribution >= 4 is 28.5 Å². The number of aromatic nitrogens is 1. The molecular weight excluding hydrogens is 430 g/mol. The molecule has 2 atom stereocenters. The molecule has 34 heavy (non-hydrogen) atoms. The lowest BCUT2D eigenvalue weighted by atomic mass is 9.98. The first-order chi connectivity index (χ1) is 16.5. The van der Waals surface area contributed by atoms with Crippen molar-refractivity contribution in [2.24, 2.45) is 4.99 Å². The van der Waals surface area contributed by atoms with Crippen LogP contribution in [-0.2, 0) is 9.47 Å². The lowest BCUT2D eigenvalue weighted by Crippen LogP contribution is -2.56. The SMILES string of the molecule is CCC(=NC)NC(=O)c1cc2cc(C)ccc2nc1N1CCC(NC2CCOCC2)C(OC)C1. The Balaban J connectivity index is 1.61. The monoisotopic (exact) mass is 467 g/mol. The van der Waals surface area contributed by atoms with Crippen molar-refractivity contribution in [3.8, 4) is 0 Å². The first-order valence-corrected chi connectivity index (χ1v) is 12.3. The number of anilines is 1. The third-order valence-corrected chi connectivity index (χ3v) is 6.89. The predicted octanol–water partition coefficient (Wildman–Crippen LogP) is 3.07. The first-order valence-electron chi connectivity index (χ1n) is 12.3. The zero-order valence-electron chi connectivity index (χ0n) is 20.8. The van der Waals surface area contributed by atoms with Crippen LogP contribution < -0.4 is 15.5 Å². The Labute approximate surface area is 202 Å². The van der Waals surface area contributed by atoms with Crippen molar-refractivity contribution in [2.75, 3.05) is 45.4 Å². The molecule has 1 aromatic carbocycles. The molecule has 0 radical (unpaired) electrons. The van der Waals surface area contributed by atoms with Gasteiger partial charge in [-0.2, -0.15) is 0 Å². The third kappa shape index (κ3) is 5.56. The molecule has 2 N–H and O–H groups in total. The van der Waals surface area contributed by atoms with Gasteiger partial charge in [-0.25, -0.2) is 4.98 Å². The number of ether oxygens (including phenoxy) is 2. The van der Waals surface area contributed by atoms with Crippen molar-refractivity contribution in [3.63, 3.8) is 0 Å². The summed E-state index contributed by atoms with van der Waals surface area (Å²) in [6.07, 6.45) is 3.65. The van der Waals surface area contributed by atoms with Gasteiger partial charge in [-0.05, 0) is 44.4 Å². The molecular formula is C26H37N5O3. The molecule has 4 rings (SSSR count). The highest BCUT2D eigenvalue weighted by Crippen LogP contribution is 2.28. The summed E-state index contributed by atoms with van der Waals surface area (Å²) in [6.45, 7) is 7.12. The fourth-order valence-corrected chi connectivity index (χ4v) is 4.90. The molecule has 3 heterocycles. The van der Waals surface area contributed by atoms with E-state index in [1.165, 1.54) is 0 Å². The van der Waals surface area contributed by atoms with Crippen LogP contribution in [0.3, 0.4) is 0 Å². The fraction of sp³-hybridized carbons (Fsp3) is 0.577. The highest BCUT2D eigenvalue weighted by atomic mass is 16.5. The quantitative estimate of drug-likeness (QED) is 0.502. The van der Waals surface area contributed by atoms with E-state index in [9.17, 15) is 4.79 Å². The number of aryl methyl sites for hydroxylation is 1. The van der Waals surface area contributed by atoms with Crippen LogP contribution in [0.1, 0.15) is 48.5 Å². The number of nitrogens with one attached hydrogen (secondary N) is 2. The van der Waals surface area contributed by atoms with Crippen LogP contribution in [0.5, 0.6) is 0 Å². The van der Waals surface area contributed by atoms with E-state index in [-0.39, 0.29) is 18.1 Å². The van der Waals surface area contributed by atoms with Gasteiger partial charge in [0.15, 0.2) is 0 Å². The maximum Gasteiger partial charge on any atom is 0.260 e. The summed E-state index contributed by atoms with van der Waals surface area (Å²) in [7, 11) is 3.46. The maximum atomic E-state index is 13.3. The second-order valence-corrected chi connectivity index (χ2v) is 9.20.